The van der Waals surface area contributed by atoms with Gasteiger partial charge in [0.2, 0.25) is 0 Å². The highest BCUT2D eigenvalue weighted by atomic mass is 16.1. The fourth-order valence-corrected chi connectivity index (χ4v) is 3.72. The molecule has 2 atom stereocenters. The highest BCUT2D eigenvalue weighted by Crippen LogP contribution is 2.25. The monoisotopic (exact) mass is 473 g/mol. The number of anilines is 1. The number of amides is 1. The molecule has 7 heteroatoms. The maximum absolute atomic E-state index is 13.0. The number of allylic oxidation sites excluding steroid dienone is 1. The number of ketones is 1. The maximum Gasteiger partial charge on any atom is 0.257 e. The molecule has 0 spiro atoms. The minimum atomic E-state index is -0.252. The molecule has 0 radical (unpaired) electrons. The minimum Gasteiger partial charge on any atom is -0.683 e. The Morgan fingerprint density at radius 2 is 2.00 bits per heavy atom. The lowest BCUT2D eigenvalue weighted by atomic mass is 9.96. The molecule has 0 bridgehead atoms. The zero-order valence-electron chi connectivity index (χ0n) is 21.2. The largest absolute Gasteiger partial charge is 0.683 e. The summed E-state index contributed by atoms with van der Waals surface area (Å²) >= 11 is 0. The van der Waals surface area contributed by atoms with E-state index in [4.69, 9.17) is 0 Å². The standard InChI is InChI=1S/C28H35N5O2/c1-6-19(2)10-11-23-14-24(16-31-27(23)21(4)34)28(35)32-25-9-7-8-22(15-25)20(3)29-12-13-30-26-17-33(5)18-26/h7-9,12-20H,6,10-11H2,1-5H3,(H2-,29,30,31,32,34,35). The topological polar surface area (TPSA) is 88.2 Å². The molecule has 7 nitrogen and oxygen atoms in total. The minimum absolute atomic E-state index is 0.0735. The van der Waals surface area contributed by atoms with Crippen LogP contribution in [-0.4, -0.2) is 34.5 Å². The van der Waals surface area contributed by atoms with E-state index in [2.05, 4.69) is 34.8 Å². The molecule has 1 aromatic carbocycles. The second-order valence-electron chi connectivity index (χ2n) is 9.08. The molecular weight excluding hydrogens is 438 g/mol. The third kappa shape index (κ3) is 7.37. The first kappa shape index (κ1) is 25.9. The van der Waals surface area contributed by atoms with Crippen LogP contribution in [0.5, 0.6) is 0 Å². The Morgan fingerprint density at radius 1 is 1.23 bits per heavy atom. The van der Waals surface area contributed by atoms with Gasteiger partial charge in [-0.2, -0.15) is 6.20 Å². The Labute approximate surface area is 208 Å². The van der Waals surface area contributed by atoms with Crippen molar-refractivity contribution < 1.29 is 14.2 Å². The van der Waals surface area contributed by atoms with Crippen LogP contribution in [-0.2, 0) is 6.42 Å². The third-order valence-corrected chi connectivity index (χ3v) is 6.11. The van der Waals surface area contributed by atoms with Gasteiger partial charge in [0.15, 0.2) is 23.9 Å². The van der Waals surface area contributed by atoms with Gasteiger partial charge >= 0.3 is 0 Å². The van der Waals surface area contributed by atoms with Crippen molar-refractivity contribution in [2.24, 2.45) is 5.92 Å². The van der Waals surface area contributed by atoms with Crippen LogP contribution in [0.3, 0.4) is 0 Å². The van der Waals surface area contributed by atoms with E-state index >= 15 is 0 Å². The number of Topliss-reactive ketones (excluding diaryl/α,β-unsaturated/α-hetero) is 1. The predicted molar refractivity (Wildman–Crippen MR) is 141 cm³/mol. The average Bonchev–Trinajstić information content (AvgIpc) is 2.83. The molecule has 0 fully saturated rings. The highest BCUT2D eigenvalue weighted by Gasteiger charge is 2.15. The quantitative estimate of drug-likeness (QED) is 0.311. The van der Waals surface area contributed by atoms with Crippen molar-refractivity contribution in [2.45, 2.75) is 53.0 Å². The van der Waals surface area contributed by atoms with Gasteiger partial charge in [0, 0.05) is 18.8 Å². The van der Waals surface area contributed by atoms with Crippen molar-refractivity contribution in [2.75, 3.05) is 12.4 Å². The molecule has 0 aliphatic carbocycles. The summed E-state index contributed by atoms with van der Waals surface area (Å²) in [6, 6.07) is 9.38. The van der Waals surface area contributed by atoms with Gasteiger partial charge in [0.25, 0.3) is 5.91 Å². The van der Waals surface area contributed by atoms with Gasteiger partial charge < -0.3 is 16.0 Å². The molecular formula is C28H35N5O2. The van der Waals surface area contributed by atoms with E-state index in [1.165, 1.54) is 13.1 Å². The highest BCUT2D eigenvalue weighted by molar-refractivity contribution is 6.05. The Kier molecular flexibility index (Phi) is 8.95. The molecule has 35 heavy (non-hydrogen) atoms. The SMILES string of the molecule is CCC(C)CCc1cc(C(=O)Nc2cccc(C(C)[N-]C=CNC3=C[N+](C)=C3)c2)cnc1C(C)=O. The fraction of sp³-hybridized carbons (Fsp3) is 0.357. The number of aromatic nitrogens is 1. The average molecular weight is 474 g/mol. The second-order valence-corrected chi connectivity index (χ2v) is 9.08. The van der Waals surface area contributed by atoms with Gasteiger partial charge in [-0.05, 0) is 48.7 Å². The molecule has 1 aliphatic rings. The molecule has 1 amide bonds. The first-order chi connectivity index (χ1) is 16.8. The van der Waals surface area contributed by atoms with Gasteiger partial charge in [-0.3, -0.25) is 14.6 Å². The number of rotatable bonds is 12. The number of nitrogens with one attached hydrogen (secondary N) is 2. The molecule has 2 unspecified atom stereocenters. The lowest BCUT2D eigenvalue weighted by Gasteiger charge is -2.26. The van der Waals surface area contributed by atoms with Crippen molar-refractivity contribution in [3.05, 3.63) is 88.5 Å². The number of nitrogens with zero attached hydrogens (tertiary/aromatic N) is 3. The molecule has 1 aromatic heterocycles. The molecule has 2 aromatic rings. The van der Waals surface area contributed by atoms with E-state index < -0.39 is 0 Å². The maximum atomic E-state index is 13.0. The van der Waals surface area contributed by atoms with Gasteiger partial charge in [-0.25, -0.2) is 4.58 Å². The van der Waals surface area contributed by atoms with Crippen molar-refractivity contribution in [3.63, 3.8) is 0 Å². The Balaban J connectivity index is 1.64. The smallest absolute Gasteiger partial charge is 0.257 e. The summed E-state index contributed by atoms with van der Waals surface area (Å²) in [6.07, 6.45) is 11.7. The van der Waals surface area contributed by atoms with Gasteiger partial charge in [0.1, 0.15) is 12.7 Å². The van der Waals surface area contributed by atoms with E-state index in [9.17, 15) is 9.59 Å². The van der Waals surface area contributed by atoms with E-state index in [1.54, 1.807) is 18.5 Å². The lowest BCUT2D eigenvalue weighted by Crippen LogP contribution is -2.21. The van der Waals surface area contributed by atoms with Crippen LogP contribution in [0, 0.1) is 5.92 Å². The molecule has 2 heterocycles. The zero-order valence-corrected chi connectivity index (χ0v) is 21.2. The van der Waals surface area contributed by atoms with Crippen LogP contribution >= 0.6 is 0 Å². The second kappa shape index (κ2) is 12.1. The van der Waals surface area contributed by atoms with E-state index in [0.717, 1.165) is 36.1 Å². The number of benzene rings is 1. The van der Waals surface area contributed by atoms with Crippen LogP contribution in [0.2, 0.25) is 0 Å². The molecule has 1 aliphatic heterocycles. The summed E-state index contributed by atoms with van der Waals surface area (Å²) in [7, 11) is 1.97. The fourth-order valence-electron chi connectivity index (χ4n) is 3.72. The number of aryl methyl sites for hydroxylation is 1. The Bertz CT molecular complexity index is 1170. The third-order valence-electron chi connectivity index (χ3n) is 6.11. The number of pyridine rings is 1. The summed E-state index contributed by atoms with van der Waals surface area (Å²) in [5.41, 5.74) is 4.42. The summed E-state index contributed by atoms with van der Waals surface area (Å²) < 4.78 is 1.97. The Morgan fingerprint density at radius 3 is 2.69 bits per heavy atom. The number of hydrogen-bond acceptors (Lipinski definition) is 4. The van der Waals surface area contributed by atoms with Crippen LogP contribution in [0.15, 0.2) is 60.8 Å². The van der Waals surface area contributed by atoms with Crippen LogP contribution < -0.4 is 10.6 Å². The van der Waals surface area contributed by atoms with Gasteiger partial charge in [0.05, 0.1) is 5.56 Å². The van der Waals surface area contributed by atoms with Crippen molar-refractivity contribution in [3.8, 4) is 0 Å². The molecule has 0 saturated heterocycles. The number of hydrogen-bond donors (Lipinski definition) is 2. The first-order valence-electron chi connectivity index (χ1n) is 12.1. The van der Waals surface area contributed by atoms with E-state index in [1.807, 2.05) is 55.2 Å². The summed E-state index contributed by atoms with van der Waals surface area (Å²) in [5.74, 6) is 0.210. The summed E-state index contributed by atoms with van der Waals surface area (Å²) in [4.78, 5) is 29.3. The number of carbonyl (C=O) groups excluding carboxylic acids is 2. The lowest BCUT2D eigenvalue weighted by molar-refractivity contribution is -0.429. The molecule has 2 N–H and O–H groups in total. The molecule has 184 valence electrons. The van der Waals surface area contributed by atoms with Crippen LogP contribution in [0.4, 0.5) is 5.69 Å². The van der Waals surface area contributed by atoms with E-state index in [0.29, 0.717) is 22.9 Å². The predicted octanol–water partition coefficient (Wildman–Crippen LogP) is 5.58. The number of carbonyl (C=O) groups is 2. The van der Waals surface area contributed by atoms with Crippen molar-refractivity contribution in [1.29, 1.82) is 0 Å². The van der Waals surface area contributed by atoms with E-state index in [-0.39, 0.29) is 17.7 Å². The van der Waals surface area contributed by atoms with Crippen molar-refractivity contribution >= 4 is 23.6 Å². The van der Waals surface area contributed by atoms with Crippen molar-refractivity contribution in [1.82, 2.24) is 10.3 Å². The normalized spacial score (nSPS) is 14.4. The molecule has 3 rings (SSSR count). The van der Waals surface area contributed by atoms with Crippen LogP contribution in [0.25, 0.3) is 5.32 Å². The Hall–Kier alpha value is -3.74. The van der Waals surface area contributed by atoms with Gasteiger partial charge in [-0.1, -0.05) is 50.9 Å². The van der Waals surface area contributed by atoms with Gasteiger partial charge in [-0.15, -0.1) is 0 Å². The summed E-state index contributed by atoms with van der Waals surface area (Å²) in [6.45, 7) is 7.85. The van der Waals surface area contributed by atoms with Crippen LogP contribution in [0.1, 0.15) is 78.6 Å². The summed E-state index contributed by atoms with van der Waals surface area (Å²) in [5, 5.41) is 10.7. The molecule has 0 saturated carbocycles. The zero-order chi connectivity index (χ0) is 25.4. The first-order valence-corrected chi connectivity index (χ1v) is 12.1.